The summed E-state index contributed by atoms with van der Waals surface area (Å²) in [5.41, 5.74) is 1.68. The summed E-state index contributed by atoms with van der Waals surface area (Å²) in [6, 6.07) is 7.40. The Morgan fingerprint density at radius 3 is 2.35 bits per heavy atom. The quantitative estimate of drug-likeness (QED) is 0.799. The molecule has 0 bridgehead atoms. The molecule has 94 valence electrons. The highest BCUT2D eigenvalue weighted by molar-refractivity contribution is 5.89. The zero-order valence-electron chi connectivity index (χ0n) is 10.7. The number of esters is 1. The normalized spacial score (nSPS) is 11.3. The molecule has 0 radical (unpaired) electrons. The third kappa shape index (κ3) is 4.19. The van der Waals surface area contributed by atoms with E-state index in [1.807, 2.05) is 26.0 Å². The molecule has 0 aromatic heterocycles. The van der Waals surface area contributed by atoms with Gasteiger partial charge in [0.1, 0.15) is 0 Å². The van der Waals surface area contributed by atoms with Crippen molar-refractivity contribution in [1.29, 1.82) is 0 Å². The predicted octanol–water partition coefficient (Wildman–Crippen LogP) is 2.42. The number of benzene rings is 1. The standard InChI is InChI=1S/C14H20O3/c1-14(2,10-15)9-8-11-4-6-12(7-5-11)13(16)17-3/h4-7,15H,8-10H2,1-3H3. The molecular formula is C14H20O3. The van der Waals surface area contributed by atoms with Crippen molar-refractivity contribution < 1.29 is 14.6 Å². The van der Waals surface area contributed by atoms with E-state index in [0.717, 1.165) is 12.8 Å². The van der Waals surface area contributed by atoms with Crippen molar-refractivity contribution in [2.75, 3.05) is 13.7 Å². The second-order valence-corrected chi connectivity index (χ2v) is 5.01. The maximum absolute atomic E-state index is 11.2. The van der Waals surface area contributed by atoms with E-state index < -0.39 is 0 Å². The molecule has 0 aliphatic rings. The Labute approximate surface area is 102 Å². The molecule has 0 fully saturated rings. The molecule has 1 rings (SSSR count). The molecule has 0 amide bonds. The summed E-state index contributed by atoms with van der Waals surface area (Å²) in [6.45, 7) is 4.26. The first-order valence-electron chi connectivity index (χ1n) is 5.76. The topological polar surface area (TPSA) is 46.5 Å². The van der Waals surface area contributed by atoms with Crippen LogP contribution in [0, 0.1) is 5.41 Å². The average Bonchev–Trinajstić information content (AvgIpc) is 2.36. The van der Waals surface area contributed by atoms with Crippen LogP contribution in [0.3, 0.4) is 0 Å². The van der Waals surface area contributed by atoms with Gasteiger partial charge in [0, 0.05) is 6.61 Å². The lowest BCUT2D eigenvalue weighted by molar-refractivity contribution is 0.0600. The molecule has 3 nitrogen and oxygen atoms in total. The van der Waals surface area contributed by atoms with Crippen LogP contribution in [0.5, 0.6) is 0 Å². The van der Waals surface area contributed by atoms with Crippen molar-refractivity contribution in [2.45, 2.75) is 26.7 Å². The van der Waals surface area contributed by atoms with Crippen LogP contribution in [-0.2, 0) is 11.2 Å². The fourth-order valence-electron chi connectivity index (χ4n) is 1.49. The Hall–Kier alpha value is -1.35. The highest BCUT2D eigenvalue weighted by atomic mass is 16.5. The second kappa shape index (κ2) is 5.82. The average molecular weight is 236 g/mol. The number of hydrogen-bond donors (Lipinski definition) is 1. The van der Waals surface area contributed by atoms with Crippen molar-refractivity contribution in [2.24, 2.45) is 5.41 Å². The van der Waals surface area contributed by atoms with E-state index in [1.54, 1.807) is 12.1 Å². The fraction of sp³-hybridized carbons (Fsp3) is 0.500. The van der Waals surface area contributed by atoms with Gasteiger partial charge in [0.2, 0.25) is 0 Å². The van der Waals surface area contributed by atoms with Gasteiger partial charge in [-0.05, 0) is 36.0 Å². The minimum Gasteiger partial charge on any atom is -0.465 e. The van der Waals surface area contributed by atoms with Crippen molar-refractivity contribution in [1.82, 2.24) is 0 Å². The van der Waals surface area contributed by atoms with Crippen LogP contribution < -0.4 is 0 Å². The number of aryl methyl sites for hydroxylation is 1. The first-order valence-corrected chi connectivity index (χ1v) is 5.76. The Bertz CT molecular complexity index is 366. The Morgan fingerprint density at radius 2 is 1.88 bits per heavy atom. The maximum Gasteiger partial charge on any atom is 0.337 e. The number of aliphatic hydroxyl groups excluding tert-OH is 1. The highest BCUT2D eigenvalue weighted by Crippen LogP contribution is 2.22. The molecule has 1 aromatic carbocycles. The van der Waals surface area contributed by atoms with E-state index in [0.29, 0.717) is 5.56 Å². The van der Waals surface area contributed by atoms with Gasteiger partial charge >= 0.3 is 5.97 Å². The minimum atomic E-state index is -0.313. The van der Waals surface area contributed by atoms with Gasteiger partial charge < -0.3 is 9.84 Å². The predicted molar refractivity (Wildman–Crippen MR) is 67.0 cm³/mol. The lowest BCUT2D eigenvalue weighted by atomic mass is 9.87. The summed E-state index contributed by atoms with van der Waals surface area (Å²) in [7, 11) is 1.38. The summed E-state index contributed by atoms with van der Waals surface area (Å²) in [6.07, 6.45) is 1.82. The fourth-order valence-corrected chi connectivity index (χ4v) is 1.49. The third-order valence-electron chi connectivity index (χ3n) is 2.89. The van der Waals surface area contributed by atoms with Gasteiger partial charge in [-0.25, -0.2) is 4.79 Å². The maximum atomic E-state index is 11.2. The third-order valence-corrected chi connectivity index (χ3v) is 2.89. The Kier molecular flexibility index (Phi) is 4.70. The lowest BCUT2D eigenvalue weighted by Gasteiger charge is -2.21. The van der Waals surface area contributed by atoms with Crippen LogP contribution in [0.1, 0.15) is 36.2 Å². The van der Waals surface area contributed by atoms with Gasteiger partial charge in [-0.2, -0.15) is 0 Å². The number of aliphatic hydroxyl groups is 1. The lowest BCUT2D eigenvalue weighted by Crippen LogP contribution is -2.17. The van der Waals surface area contributed by atoms with Gasteiger partial charge in [-0.15, -0.1) is 0 Å². The van der Waals surface area contributed by atoms with Crippen molar-refractivity contribution in [3.05, 3.63) is 35.4 Å². The molecular weight excluding hydrogens is 216 g/mol. The second-order valence-electron chi connectivity index (χ2n) is 5.01. The number of methoxy groups -OCH3 is 1. The van der Waals surface area contributed by atoms with Crippen LogP contribution in [-0.4, -0.2) is 24.8 Å². The highest BCUT2D eigenvalue weighted by Gasteiger charge is 2.16. The summed E-state index contributed by atoms with van der Waals surface area (Å²) in [5, 5.41) is 9.16. The molecule has 0 saturated carbocycles. The van der Waals surface area contributed by atoms with Crippen LogP contribution in [0.4, 0.5) is 0 Å². The first-order chi connectivity index (χ1) is 7.98. The molecule has 0 aliphatic heterocycles. The van der Waals surface area contributed by atoms with E-state index in [1.165, 1.54) is 12.7 Å². The van der Waals surface area contributed by atoms with E-state index >= 15 is 0 Å². The number of hydrogen-bond acceptors (Lipinski definition) is 3. The van der Waals surface area contributed by atoms with E-state index in [-0.39, 0.29) is 18.0 Å². The number of carbonyl (C=O) groups excluding carboxylic acids is 1. The molecule has 0 spiro atoms. The molecule has 0 atom stereocenters. The summed E-state index contributed by atoms with van der Waals surface area (Å²) in [5.74, 6) is -0.313. The van der Waals surface area contributed by atoms with Crippen LogP contribution in [0.25, 0.3) is 0 Å². The molecule has 0 saturated heterocycles. The molecule has 17 heavy (non-hydrogen) atoms. The van der Waals surface area contributed by atoms with Crippen molar-refractivity contribution >= 4 is 5.97 Å². The molecule has 0 unspecified atom stereocenters. The number of rotatable bonds is 5. The van der Waals surface area contributed by atoms with Crippen LogP contribution >= 0.6 is 0 Å². The minimum absolute atomic E-state index is 0.0545. The van der Waals surface area contributed by atoms with Gasteiger partial charge in [0.15, 0.2) is 0 Å². The van der Waals surface area contributed by atoms with Gasteiger partial charge in [-0.1, -0.05) is 26.0 Å². The molecule has 1 N–H and O–H groups in total. The Balaban J connectivity index is 2.60. The molecule has 0 heterocycles. The van der Waals surface area contributed by atoms with Gasteiger partial charge in [-0.3, -0.25) is 0 Å². The number of ether oxygens (including phenoxy) is 1. The summed E-state index contributed by atoms with van der Waals surface area (Å²) in [4.78, 5) is 11.2. The largest absolute Gasteiger partial charge is 0.465 e. The smallest absolute Gasteiger partial charge is 0.337 e. The zero-order valence-corrected chi connectivity index (χ0v) is 10.7. The van der Waals surface area contributed by atoms with Crippen LogP contribution in [0.15, 0.2) is 24.3 Å². The van der Waals surface area contributed by atoms with E-state index in [9.17, 15) is 4.79 Å². The van der Waals surface area contributed by atoms with Gasteiger partial charge in [0.05, 0.1) is 12.7 Å². The first kappa shape index (κ1) is 13.7. The van der Waals surface area contributed by atoms with Gasteiger partial charge in [0.25, 0.3) is 0 Å². The monoisotopic (exact) mass is 236 g/mol. The Morgan fingerprint density at radius 1 is 1.29 bits per heavy atom. The van der Waals surface area contributed by atoms with E-state index in [2.05, 4.69) is 4.74 Å². The molecule has 3 heteroatoms. The summed E-state index contributed by atoms with van der Waals surface area (Å²) >= 11 is 0. The van der Waals surface area contributed by atoms with Crippen LogP contribution in [0.2, 0.25) is 0 Å². The van der Waals surface area contributed by atoms with Crippen molar-refractivity contribution in [3.63, 3.8) is 0 Å². The molecule has 1 aromatic rings. The SMILES string of the molecule is COC(=O)c1ccc(CCC(C)(C)CO)cc1. The van der Waals surface area contributed by atoms with E-state index in [4.69, 9.17) is 5.11 Å². The zero-order chi connectivity index (χ0) is 12.9. The molecule has 0 aliphatic carbocycles. The summed E-state index contributed by atoms with van der Waals surface area (Å²) < 4.78 is 4.64. The van der Waals surface area contributed by atoms with Crippen molar-refractivity contribution in [3.8, 4) is 0 Å². The number of carbonyl (C=O) groups is 1.